The van der Waals surface area contributed by atoms with Crippen LogP contribution in [0, 0.1) is 10.1 Å². The zero-order valence-corrected chi connectivity index (χ0v) is 11.4. The molecule has 1 aromatic carbocycles. The average Bonchev–Trinajstić information content (AvgIpc) is 2.40. The minimum atomic E-state index is -0.350. The highest BCUT2D eigenvalue weighted by Crippen LogP contribution is 2.27. The van der Waals surface area contributed by atoms with Crippen LogP contribution in [0.1, 0.15) is 6.42 Å². The lowest BCUT2D eigenvalue weighted by Gasteiger charge is -2.40. The lowest BCUT2D eigenvalue weighted by atomic mass is 10.0. The molecule has 1 aliphatic heterocycles. The summed E-state index contributed by atoms with van der Waals surface area (Å²) < 4.78 is 3.22. The van der Waals surface area contributed by atoms with Gasteiger partial charge in [-0.2, -0.15) is 0 Å². The van der Waals surface area contributed by atoms with E-state index in [9.17, 15) is 10.1 Å². The van der Waals surface area contributed by atoms with E-state index in [-0.39, 0.29) is 10.6 Å². The summed E-state index contributed by atoms with van der Waals surface area (Å²) in [5.41, 5.74) is 0.150. The normalized spacial score (nSPS) is 18.8. The Kier molecular flexibility index (Phi) is 4.95. The molecule has 0 bridgehead atoms. The number of benzene rings is 1. The number of nitrogens with one attached hydrogen (secondary N) is 1. The van der Waals surface area contributed by atoms with Crippen molar-refractivity contribution in [2.45, 2.75) is 17.4 Å². The molecule has 0 radical (unpaired) electrons. The van der Waals surface area contributed by atoms with Crippen LogP contribution in [0.2, 0.25) is 0 Å². The molecule has 1 fully saturated rings. The summed E-state index contributed by atoms with van der Waals surface area (Å²) in [4.78, 5) is 13.5. The number of likely N-dealkylation sites (tertiary alicyclic amines) is 1. The molecule has 2 rings (SSSR count). The van der Waals surface area contributed by atoms with Crippen LogP contribution in [0.3, 0.4) is 0 Å². The highest BCUT2D eigenvalue weighted by Gasteiger charge is 2.26. The summed E-state index contributed by atoms with van der Waals surface area (Å²) in [6, 6.07) is 7.29. The molecule has 1 aliphatic rings. The maximum absolute atomic E-state index is 10.9. The Labute approximate surface area is 117 Å². The number of nitrogens with zero attached hydrogens (tertiary/aromatic N) is 2. The van der Waals surface area contributed by atoms with Crippen LogP contribution in [-0.4, -0.2) is 35.5 Å². The standard InChI is InChI=1S/C13H17N3O2S/c1-2-8-15-9-7-11(15)10-14-19-13-6-4-3-5-12(13)16(17)18/h2-6,11,14H,1,7-10H2/t11-/m1/s1. The highest BCUT2D eigenvalue weighted by molar-refractivity contribution is 7.97. The third kappa shape index (κ3) is 3.56. The SMILES string of the molecule is C=CCN1CC[C@@H]1CNSc1ccccc1[N+](=O)[O-]. The largest absolute Gasteiger partial charge is 0.295 e. The van der Waals surface area contributed by atoms with E-state index in [0.29, 0.717) is 10.9 Å². The quantitative estimate of drug-likeness (QED) is 0.359. The monoisotopic (exact) mass is 279 g/mol. The summed E-state index contributed by atoms with van der Waals surface area (Å²) in [6.07, 6.45) is 3.07. The maximum Gasteiger partial charge on any atom is 0.284 e. The van der Waals surface area contributed by atoms with E-state index in [1.807, 2.05) is 12.1 Å². The molecule has 1 N–H and O–H groups in total. The number of rotatable bonds is 7. The first-order valence-corrected chi connectivity index (χ1v) is 7.02. The summed E-state index contributed by atoms with van der Waals surface area (Å²) in [7, 11) is 0. The number of para-hydroxylation sites is 1. The van der Waals surface area contributed by atoms with Crippen molar-refractivity contribution in [1.82, 2.24) is 9.62 Å². The number of nitro benzene ring substituents is 1. The molecular formula is C13H17N3O2S. The highest BCUT2D eigenvalue weighted by atomic mass is 32.2. The molecule has 6 heteroatoms. The van der Waals surface area contributed by atoms with Crippen LogP contribution in [0.5, 0.6) is 0 Å². The summed E-state index contributed by atoms with van der Waals surface area (Å²) in [5.74, 6) is 0. The van der Waals surface area contributed by atoms with Crippen molar-refractivity contribution in [1.29, 1.82) is 0 Å². The van der Waals surface area contributed by atoms with Gasteiger partial charge < -0.3 is 0 Å². The Bertz CT molecular complexity index is 467. The molecule has 5 nitrogen and oxygen atoms in total. The Morgan fingerprint density at radius 2 is 2.37 bits per heavy atom. The van der Waals surface area contributed by atoms with E-state index < -0.39 is 0 Å². The van der Waals surface area contributed by atoms with Crippen molar-refractivity contribution >= 4 is 17.6 Å². The Morgan fingerprint density at radius 1 is 1.58 bits per heavy atom. The van der Waals surface area contributed by atoms with Gasteiger partial charge in [-0.1, -0.05) is 18.2 Å². The van der Waals surface area contributed by atoms with Crippen molar-refractivity contribution in [3.63, 3.8) is 0 Å². The van der Waals surface area contributed by atoms with Gasteiger partial charge in [-0.3, -0.25) is 19.7 Å². The zero-order chi connectivity index (χ0) is 13.7. The Hall–Kier alpha value is -1.37. The number of hydrogen-bond acceptors (Lipinski definition) is 5. The third-order valence-electron chi connectivity index (χ3n) is 3.19. The van der Waals surface area contributed by atoms with E-state index in [4.69, 9.17) is 0 Å². The zero-order valence-electron chi connectivity index (χ0n) is 10.6. The fraction of sp³-hybridized carbons (Fsp3) is 0.385. The second kappa shape index (κ2) is 6.70. The fourth-order valence-corrected chi connectivity index (χ4v) is 2.87. The molecule has 0 amide bonds. The minimum absolute atomic E-state index is 0.150. The smallest absolute Gasteiger partial charge is 0.284 e. The molecule has 0 saturated carbocycles. The molecule has 1 atom stereocenters. The minimum Gasteiger partial charge on any atom is -0.295 e. The van der Waals surface area contributed by atoms with Gasteiger partial charge >= 0.3 is 0 Å². The second-order valence-corrected chi connectivity index (χ2v) is 5.33. The van der Waals surface area contributed by atoms with Gasteiger partial charge in [0.1, 0.15) is 4.90 Å². The van der Waals surface area contributed by atoms with Gasteiger partial charge in [0.2, 0.25) is 0 Å². The lowest BCUT2D eigenvalue weighted by Crippen LogP contribution is -2.51. The molecule has 19 heavy (non-hydrogen) atoms. The molecule has 0 spiro atoms. The molecule has 1 saturated heterocycles. The first-order chi connectivity index (χ1) is 9.22. The predicted octanol–water partition coefficient (Wildman–Crippen LogP) is 2.45. The molecule has 0 unspecified atom stereocenters. The van der Waals surface area contributed by atoms with Crippen LogP contribution in [-0.2, 0) is 0 Å². The van der Waals surface area contributed by atoms with E-state index in [1.165, 1.54) is 18.0 Å². The van der Waals surface area contributed by atoms with Crippen molar-refractivity contribution in [2.24, 2.45) is 0 Å². The van der Waals surface area contributed by atoms with Crippen LogP contribution in [0.15, 0.2) is 41.8 Å². The molecule has 1 aromatic rings. The van der Waals surface area contributed by atoms with Crippen molar-refractivity contribution < 1.29 is 4.92 Å². The average molecular weight is 279 g/mol. The summed E-state index contributed by atoms with van der Waals surface area (Å²) >= 11 is 1.33. The number of nitro groups is 1. The molecule has 102 valence electrons. The van der Waals surface area contributed by atoms with Crippen LogP contribution < -0.4 is 4.72 Å². The predicted molar refractivity (Wildman–Crippen MR) is 77.1 cm³/mol. The van der Waals surface area contributed by atoms with E-state index in [2.05, 4.69) is 16.2 Å². The van der Waals surface area contributed by atoms with Gasteiger partial charge in [0.25, 0.3) is 5.69 Å². The van der Waals surface area contributed by atoms with Gasteiger partial charge in [-0.15, -0.1) is 6.58 Å². The van der Waals surface area contributed by atoms with Crippen LogP contribution >= 0.6 is 11.9 Å². The van der Waals surface area contributed by atoms with E-state index in [0.717, 1.165) is 26.1 Å². The Balaban J connectivity index is 1.83. The maximum atomic E-state index is 10.9. The fourth-order valence-electron chi connectivity index (χ4n) is 2.04. The molecule has 0 aliphatic carbocycles. The van der Waals surface area contributed by atoms with Crippen molar-refractivity contribution in [3.8, 4) is 0 Å². The first-order valence-electron chi connectivity index (χ1n) is 6.20. The van der Waals surface area contributed by atoms with Crippen molar-refractivity contribution in [2.75, 3.05) is 19.6 Å². The van der Waals surface area contributed by atoms with Gasteiger partial charge in [0.15, 0.2) is 0 Å². The third-order valence-corrected chi connectivity index (χ3v) is 4.07. The second-order valence-electron chi connectivity index (χ2n) is 4.40. The Morgan fingerprint density at radius 3 is 3.00 bits per heavy atom. The lowest BCUT2D eigenvalue weighted by molar-refractivity contribution is -0.387. The summed E-state index contributed by atoms with van der Waals surface area (Å²) in [6.45, 7) is 6.57. The van der Waals surface area contributed by atoms with E-state index in [1.54, 1.807) is 12.1 Å². The van der Waals surface area contributed by atoms with Gasteiger partial charge in [0, 0.05) is 31.7 Å². The topological polar surface area (TPSA) is 58.4 Å². The molecule has 0 aromatic heterocycles. The van der Waals surface area contributed by atoms with Gasteiger partial charge in [-0.05, 0) is 24.4 Å². The van der Waals surface area contributed by atoms with Gasteiger partial charge in [0.05, 0.1) is 4.92 Å². The molecule has 1 heterocycles. The molecular weight excluding hydrogens is 262 g/mol. The summed E-state index contributed by atoms with van der Waals surface area (Å²) in [5, 5.41) is 10.9. The number of hydrogen-bond donors (Lipinski definition) is 1. The van der Waals surface area contributed by atoms with Gasteiger partial charge in [-0.25, -0.2) is 0 Å². The van der Waals surface area contributed by atoms with E-state index >= 15 is 0 Å². The van der Waals surface area contributed by atoms with Crippen LogP contribution in [0.25, 0.3) is 0 Å². The first kappa shape index (κ1) is 14.0. The van der Waals surface area contributed by atoms with Crippen molar-refractivity contribution in [3.05, 3.63) is 47.0 Å². The van der Waals surface area contributed by atoms with Crippen LogP contribution in [0.4, 0.5) is 5.69 Å².